The highest BCUT2D eigenvalue weighted by atomic mass is 16.2. The third-order valence-corrected chi connectivity index (χ3v) is 4.23. The van der Waals surface area contributed by atoms with E-state index in [9.17, 15) is 9.59 Å². The van der Waals surface area contributed by atoms with Gasteiger partial charge in [0.1, 0.15) is 0 Å². The van der Waals surface area contributed by atoms with Gasteiger partial charge in [0.2, 0.25) is 11.8 Å². The highest BCUT2D eigenvalue weighted by molar-refractivity contribution is 5.84. The number of nitrogens with one attached hydrogen (secondary N) is 2. The molecular formula is C14H24N2O2. The van der Waals surface area contributed by atoms with Crippen LogP contribution in [-0.2, 0) is 9.59 Å². The van der Waals surface area contributed by atoms with E-state index in [0.717, 1.165) is 11.8 Å². The largest absolute Gasteiger partial charge is 0.352 e. The Bertz CT molecular complexity index is 328. The van der Waals surface area contributed by atoms with Gasteiger partial charge < -0.3 is 10.6 Å². The minimum Gasteiger partial charge on any atom is -0.352 e. The second-order valence-electron chi connectivity index (χ2n) is 6.14. The molecule has 0 radical (unpaired) electrons. The van der Waals surface area contributed by atoms with Crippen molar-refractivity contribution in [2.24, 2.45) is 17.8 Å². The first-order chi connectivity index (χ1) is 8.54. The van der Waals surface area contributed by atoms with Crippen LogP contribution in [-0.4, -0.2) is 24.4 Å². The SMILES string of the molecule is CC(C)NC(=O)CNC(=O)C[C@H]1C[C@H]2CC[C@@H]1C2. The lowest BCUT2D eigenvalue weighted by Crippen LogP contribution is -2.40. The molecule has 102 valence electrons. The monoisotopic (exact) mass is 252 g/mol. The smallest absolute Gasteiger partial charge is 0.239 e. The van der Waals surface area contributed by atoms with Gasteiger partial charge in [-0.3, -0.25) is 9.59 Å². The standard InChI is InChI=1S/C14H24N2O2/c1-9(2)16-14(18)8-15-13(17)7-12-6-10-3-4-11(12)5-10/h9-12H,3-8H2,1-2H3,(H,15,17)(H,16,18)/t10-,11+,12+/m0/s1. The molecule has 2 bridgehead atoms. The van der Waals surface area contributed by atoms with E-state index in [0.29, 0.717) is 12.3 Å². The molecule has 0 aliphatic heterocycles. The van der Waals surface area contributed by atoms with E-state index in [-0.39, 0.29) is 24.4 Å². The van der Waals surface area contributed by atoms with Crippen LogP contribution in [0.15, 0.2) is 0 Å². The van der Waals surface area contributed by atoms with E-state index in [1.165, 1.54) is 25.7 Å². The first-order valence-electron chi connectivity index (χ1n) is 7.10. The van der Waals surface area contributed by atoms with E-state index in [2.05, 4.69) is 10.6 Å². The van der Waals surface area contributed by atoms with E-state index in [1.54, 1.807) is 0 Å². The molecule has 2 N–H and O–H groups in total. The van der Waals surface area contributed by atoms with Crippen molar-refractivity contribution in [3.05, 3.63) is 0 Å². The first-order valence-corrected chi connectivity index (χ1v) is 7.10. The summed E-state index contributed by atoms with van der Waals surface area (Å²) in [6.07, 6.45) is 5.81. The summed E-state index contributed by atoms with van der Waals surface area (Å²) in [5.74, 6) is 2.14. The third kappa shape index (κ3) is 3.47. The number of hydrogen-bond acceptors (Lipinski definition) is 2. The molecule has 2 rings (SSSR count). The minimum absolute atomic E-state index is 0.0338. The van der Waals surface area contributed by atoms with Crippen LogP contribution in [0.4, 0.5) is 0 Å². The van der Waals surface area contributed by atoms with Crippen molar-refractivity contribution >= 4 is 11.8 Å². The van der Waals surface area contributed by atoms with Crippen LogP contribution in [0.25, 0.3) is 0 Å². The molecule has 0 aromatic carbocycles. The third-order valence-electron chi connectivity index (χ3n) is 4.23. The van der Waals surface area contributed by atoms with Gasteiger partial charge in [0, 0.05) is 12.5 Å². The summed E-state index contributed by atoms with van der Waals surface area (Å²) in [6, 6.07) is 0.125. The highest BCUT2D eigenvalue weighted by Gasteiger charge is 2.40. The zero-order chi connectivity index (χ0) is 13.1. The summed E-state index contributed by atoms with van der Waals surface area (Å²) in [6.45, 7) is 3.93. The maximum absolute atomic E-state index is 11.8. The number of carbonyl (C=O) groups is 2. The van der Waals surface area contributed by atoms with Crippen LogP contribution in [0, 0.1) is 17.8 Å². The predicted octanol–water partition coefficient (Wildman–Crippen LogP) is 1.45. The average Bonchev–Trinajstić information content (AvgIpc) is 2.87. The quantitative estimate of drug-likeness (QED) is 0.778. The Kier molecular flexibility index (Phi) is 4.25. The molecule has 0 unspecified atom stereocenters. The van der Waals surface area contributed by atoms with E-state index in [1.807, 2.05) is 13.8 Å². The summed E-state index contributed by atoms with van der Waals surface area (Å²) in [4.78, 5) is 23.2. The maximum Gasteiger partial charge on any atom is 0.239 e. The van der Waals surface area contributed by atoms with Crippen molar-refractivity contribution in [1.82, 2.24) is 10.6 Å². The number of fused-ring (bicyclic) bond motifs is 2. The molecule has 0 aromatic heterocycles. The van der Waals surface area contributed by atoms with Crippen molar-refractivity contribution in [1.29, 1.82) is 0 Å². The van der Waals surface area contributed by atoms with E-state index < -0.39 is 0 Å². The zero-order valence-electron chi connectivity index (χ0n) is 11.4. The van der Waals surface area contributed by atoms with Gasteiger partial charge in [0.15, 0.2) is 0 Å². The average molecular weight is 252 g/mol. The molecule has 2 saturated carbocycles. The minimum atomic E-state index is -0.105. The van der Waals surface area contributed by atoms with Crippen LogP contribution in [0.3, 0.4) is 0 Å². The molecule has 4 heteroatoms. The summed E-state index contributed by atoms with van der Waals surface area (Å²) >= 11 is 0. The van der Waals surface area contributed by atoms with E-state index >= 15 is 0 Å². The lowest BCUT2D eigenvalue weighted by molar-refractivity contribution is -0.127. The molecule has 0 aromatic rings. The fourth-order valence-electron chi connectivity index (χ4n) is 3.49. The Labute approximate surface area is 109 Å². The van der Waals surface area contributed by atoms with Crippen LogP contribution >= 0.6 is 0 Å². The van der Waals surface area contributed by atoms with Crippen LogP contribution in [0.1, 0.15) is 46.0 Å². The van der Waals surface area contributed by atoms with Crippen LogP contribution in [0.2, 0.25) is 0 Å². The molecule has 0 saturated heterocycles. The predicted molar refractivity (Wildman–Crippen MR) is 69.8 cm³/mol. The number of amides is 2. The summed E-state index contributed by atoms with van der Waals surface area (Å²) in [7, 11) is 0. The Morgan fingerprint density at radius 1 is 1.17 bits per heavy atom. The van der Waals surface area contributed by atoms with Crippen molar-refractivity contribution in [2.45, 2.75) is 52.0 Å². The lowest BCUT2D eigenvalue weighted by atomic mass is 9.86. The topological polar surface area (TPSA) is 58.2 Å². The van der Waals surface area contributed by atoms with Gasteiger partial charge in [-0.2, -0.15) is 0 Å². The molecule has 0 spiro atoms. The molecule has 2 aliphatic rings. The highest BCUT2D eigenvalue weighted by Crippen LogP contribution is 2.49. The van der Waals surface area contributed by atoms with Crippen LogP contribution < -0.4 is 10.6 Å². The normalized spacial score (nSPS) is 29.6. The van der Waals surface area contributed by atoms with Gasteiger partial charge in [-0.05, 0) is 50.9 Å². The molecule has 2 fully saturated rings. The van der Waals surface area contributed by atoms with Crippen molar-refractivity contribution in [3.63, 3.8) is 0 Å². The molecule has 2 amide bonds. The summed E-state index contributed by atoms with van der Waals surface area (Å²) in [5.41, 5.74) is 0. The molecular weight excluding hydrogens is 228 g/mol. The fraction of sp³-hybridized carbons (Fsp3) is 0.857. The molecule has 4 nitrogen and oxygen atoms in total. The van der Waals surface area contributed by atoms with Gasteiger partial charge in [-0.15, -0.1) is 0 Å². The number of rotatable bonds is 5. The van der Waals surface area contributed by atoms with Crippen molar-refractivity contribution in [2.75, 3.05) is 6.54 Å². The second kappa shape index (κ2) is 5.72. The zero-order valence-corrected chi connectivity index (χ0v) is 11.4. The van der Waals surface area contributed by atoms with Gasteiger partial charge in [0.05, 0.1) is 6.54 Å². The lowest BCUT2D eigenvalue weighted by Gasteiger charge is -2.20. The summed E-state index contributed by atoms with van der Waals surface area (Å²) < 4.78 is 0. The molecule has 2 aliphatic carbocycles. The van der Waals surface area contributed by atoms with Gasteiger partial charge >= 0.3 is 0 Å². The number of carbonyl (C=O) groups excluding carboxylic acids is 2. The van der Waals surface area contributed by atoms with Crippen LogP contribution in [0.5, 0.6) is 0 Å². The Morgan fingerprint density at radius 2 is 1.94 bits per heavy atom. The van der Waals surface area contributed by atoms with Gasteiger partial charge in [-0.1, -0.05) is 6.42 Å². The molecule has 0 heterocycles. The Hall–Kier alpha value is -1.06. The fourth-order valence-corrected chi connectivity index (χ4v) is 3.49. The van der Waals surface area contributed by atoms with Crippen molar-refractivity contribution in [3.8, 4) is 0 Å². The molecule has 18 heavy (non-hydrogen) atoms. The second-order valence-corrected chi connectivity index (χ2v) is 6.14. The van der Waals surface area contributed by atoms with Crippen molar-refractivity contribution < 1.29 is 9.59 Å². The Morgan fingerprint density at radius 3 is 2.50 bits per heavy atom. The summed E-state index contributed by atoms with van der Waals surface area (Å²) in [5, 5.41) is 5.49. The Balaban J connectivity index is 1.65. The maximum atomic E-state index is 11.8. The van der Waals surface area contributed by atoms with Gasteiger partial charge in [-0.25, -0.2) is 0 Å². The molecule has 3 atom stereocenters. The van der Waals surface area contributed by atoms with E-state index in [4.69, 9.17) is 0 Å². The van der Waals surface area contributed by atoms with Gasteiger partial charge in [0.25, 0.3) is 0 Å². The first kappa shape index (κ1) is 13.4. The number of hydrogen-bond donors (Lipinski definition) is 2.